The van der Waals surface area contributed by atoms with Crippen molar-refractivity contribution in [3.8, 4) is 5.75 Å². The Bertz CT molecular complexity index is 748. The predicted octanol–water partition coefficient (Wildman–Crippen LogP) is 4.16. The Morgan fingerprint density at radius 3 is 2.48 bits per heavy atom. The summed E-state index contributed by atoms with van der Waals surface area (Å²) in [6.07, 6.45) is 5.99. The molecule has 0 atom stereocenters. The number of anilines is 1. The highest BCUT2D eigenvalue weighted by Gasteiger charge is 2.22. The van der Waals surface area contributed by atoms with E-state index in [-0.39, 0.29) is 5.75 Å². The van der Waals surface area contributed by atoms with Gasteiger partial charge in [0.15, 0.2) is 5.96 Å². The van der Waals surface area contributed by atoms with Gasteiger partial charge in [-0.25, -0.2) is 4.99 Å². The zero-order chi connectivity index (χ0) is 17.1. The summed E-state index contributed by atoms with van der Waals surface area (Å²) in [5.41, 5.74) is 3.80. The van der Waals surface area contributed by atoms with Gasteiger partial charge >= 0.3 is 0 Å². The molecule has 2 aromatic rings. The van der Waals surface area contributed by atoms with Gasteiger partial charge in [0, 0.05) is 18.8 Å². The van der Waals surface area contributed by atoms with E-state index in [9.17, 15) is 5.11 Å². The summed E-state index contributed by atoms with van der Waals surface area (Å²) in [7, 11) is 0. The van der Waals surface area contributed by atoms with Crippen LogP contribution in [0.25, 0.3) is 0 Å². The molecule has 0 bridgehead atoms. The van der Waals surface area contributed by atoms with Crippen LogP contribution >= 0.6 is 0 Å². The quantitative estimate of drug-likeness (QED) is 0.492. The molecule has 0 aromatic heterocycles. The van der Waals surface area contributed by atoms with E-state index in [1.807, 2.05) is 12.1 Å². The fourth-order valence-corrected chi connectivity index (χ4v) is 3.75. The van der Waals surface area contributed by atoms with Gasteiger partial charge < -0.3 is 15.3 Å². The van der Waals surface area contributed by atoms with Gasteiger partial charge in [0.2, 0.25) is 0 Å². The molecule has 0 radical (unpaired) electrons. The summed E-state index contributed by atoms with van der Waals surface area (Å²) in [5.74, 6) is 1.25. The lowest BCUT2D eigenvalue weighted by Gasteiger charge is -2.32. The molecule has 2 aliphatic rings. The third kappa shape index (κ3) is 3.78. The minimum absolute atomic E-state index is 0.284. The second-order valence-electron chi connectivity index (χ2n) is 7.00. The van der Waals surface area contributed by atoms with Gasteiger partial charge in [-0.1, -0.05) is 37.1 Å². The summed E-state index contributed by atoms with van der Waals surface area (Å²) in [6.45, 7) is 1.88. The number of aliphatic imine (C=N–C) groups is 1. The SMILES string of the molecule is Oc1ccc(NC(=NC2CCCC2)N2CCc3ccccc3C2)cc1. The van der Waals surface area contributed by atoms with Crippen LogP contribution in [0, 0.1) is 0 Å². The van der Waals surface area contributed by atoms with E-state index in [1.165, 1.54) is 36.8 Å². The molecule has 1 saturated carbocycles. The topological polar surface area (TPSA) is 47.9 Å². The predicted molar refractivity (Wildman–Crippen MR) is 102 cm³/mol. The number of guanidine groups is 1. The highest BCUT2D eigenvalue weighted by Crippen LogP contribution is 2.24. The number of fused-ring (bicyclic) bond motifs is 1. The average molecular weight is 335 g/mol. The van der Waals surface area contributed by atoms with Crippen LogP contribution < -0.4 is 5.32 Å². The Labute approximate surface area is 149 Å². The standard InChI is InChI=1S/C21H25N3O/c25-20-11-9-19(10-12-20)23-21(22-18-7-3-4-8-18)24-14-13-16-5-1-2-6-17(16)15-24/h1-2,5-6,9-12,18,25H,3-4,7-8,13-15H2,(H,22,23). The second kappa shape index (κ2) is 7.18. The van der Waals surface area contributed by atoms with Crippen molar-refractivity contribution in [2.24, 2.45) is 4.99 Å². The maximum Gasteiger partial charge on any atom is 0.199 e. The first kappa shape index (κ1) is 16.0. The van der Waals surface area contributed by atoms with Crippen molar-refractivity contribution < 1.29 is 5.11 Å². The maximum atomic E-state index is 9.51. The third-order valence-electron chi connectivity index (χ3n) is 5.18. The van der Waals surface area contributed by atoms with E-state index in [0.29, 0.717) is 6.04 Å². The molecule has 4 rings (SSSR count). The number of aromatic hydroxyl groups is 1. The molecular weight excluding hydrogens is 310 g/mol. The zero-order valence-electron chi connectivity index (χ0n) is 14.5. The van der Waals surface area contributed by atoms with Crippen molar-refractivity contribution in [3.05, 3.63) is 59.7 Å². The van der Waals surface area contributed by atoms with Crippen molar-refractivity contribution in [1.29, 1.82) is 0 Å². The summed E-state index contributed by atoms with van der Waals surface area (Å²) in [6, 6.07) is 16.3. The van der Waals surface area contributed by atoms with Crippen LogP contribution in [0.4, 0.5) is 5.69 Å². The monoisotopic (exact) mass is 335 g/mol. The third-order valence-corrected chi connectivity index (χ3v) is 5.18. The van der Waals surface area contributed by atoms with Gasteiger partial charge in [-0.3, -0.25) is 0 Å². The first-order valence-corrected chi connectivity index (χ1v) is 9.23. The first-order valence-electron chi connectivity index (χ1n) is 9.23. The number of benzene rings is 2. The van der Waals surface area contributed by atoms with Gasteiger partial charge in [-0.05, 0) is 54.7 Å². The molecular formula is C21H25N3O. The fourth-order valence-electron chi connectivity index (χ4n) is 3.75. The van der Waals surface area contributed by atoms with Crippen molar-refractivity contribution in [2.45, 2.75) is 44.7 Å². The molecule has 4 heteroatoms. The van der Waals surface area contributed by atoms with Crippen LogP contribution in [0.5, 0.6) is 5.75 Å². The van der Waals surface area contributed by atoms with Crippen molar-refractivity contribution in [3.63, 3.8) is 0 Å². The molecule has 4 nitrogen and oxygen atoms in total. The normalized spacial score (nSPS) is 18.2. The van der Waals surface area contributed by atoms with E-state index in [0.717, 1.165) is 31.2 Å². The minimum atomic E-state index is 0.284. The molecule has 0 spiro atoms. The van der Waals surface area contributed by atoms with Crippen molar-refractivity contribution >= 4 is 11.6 Å². The highest BCUT2D eigenvalue weighted by molar-refractivity contribution is 5.94. The lowest BCUT2D eigenvalue weighted by Crippen LogP contribution is -2.40. The number of rotatable bonds is 2. The molecule has 0 saturated heterocycles. The molecule has 1 fully saturated rings. The van der Waals surface area contributed by atoms with Crippen LogP contribution in [0.1, 0.15) is 36.8 Å². The van der Waals surface area contributed by atoms with Crippen molar-refractivity contribution in [1.82, 2.24) is 4.90 Å². The van der Waals surface area contributed by atoms with Crippen LogP contribution in [0.2, 0.25) is 0 Å². The zero-order valence-corrected chi connectivity index (χ0v) is 14.5. The van der Waals surface area contributed by atoms with Gasteiger partial charge in [-0.15, -0.1) is 0 Å². The van der Waals surface area contributed by atoms with Crippen LogP contribution in [-0.4, -0.2) is 28.6 Å². The molecule has 25 heavy (non-hydrogen) atoms. The van der Waals surface area contributed by atoms with Gasteiger partial charge in [0.1, 0.15) is 5.75 Å². The molecule has 0 amide bonds. The number of nitrogens with zero attached hydrogens (tertiary/aromatic N) is 2. The summed E-state index contributed by atoms with van der Waals surface area (Å²) < 4.78 is 0. The van der Waals surface area contributed by atoms with E-state index >= 15 is 0 Å². The Kier molecular flexibility index (Phi) is 4.59. The average Bonchev–Trinajstić information content (AvgIpc) is 3.16. The van der Waals surface area contributed by atoms with E-state index in [2.05, 4.69) is 34.5 Å². The molecule has 1 aliphatic heterocycles. The largest absolute Gasteiger partial charge is 0.508 e. The fraction of sp³-hybridized carbons (Fsp3) is 0.381. The Balaban J connectivity index is 1.58. The molecule has 1 heterocycles. The van der Waals surface area contributed by atoms with E-state index in [4.69, 9.17) is 4.99 Å². The molecule has 130 valence electrons. The van der Waals surface area contributed by atoms with Gasteiger partial charge in [0.05, 0.1) is 6.04 Å². The number of phenols is 1. The first-order chi connectivity index (χ1) is 12.3. The minimum Gasteiger partial charge on any atom is -0.508 e. The number of nitrogens with one attached hydrogen (secondary N) is 1. The number of phenolic OH excluding ortho intramolecular Hbond substituents is 1. The second-order valence-corrected chi connectivity index (χ2v) is 7.00. The lowest BCUT2D eigenvalue weighted by molar-refractivity contribution is 0.389. The lowest BCUT2D eigenvalue weighted by atomic mass is 10.0. The summed E-state index contributed by atoms with van der Waals surface area (Å²) in [5, 5.41) is 13.0. The number of hydrogen-bond donors (Lipinski definition) is 2. The van der Waals surface area contributed by atoms with Gasteiger partial charge in [-0.2, -0.15) is 0 Å². The van der Waals surface area contributed by atoms with E-state index < -0.39 is 0 Å². The Hall–Kier alpha value is -2.49. The molecule has 2 N–H and O–H groups in total. The van der Waals surface area contributed by atoms with Crippen LogP contribution in [0.3, 0.4) is 0 Å². The van der Waals surface area contributed by atoms with Crippen LogP contribution in [-0.2, 0) is 13.0 Å². The van der Waals surface area contributed by atoms with Gasteiger partial charge in [0.25, 0.3) is 0 Å². The Morgan fingerprint density at radius 2 is 1.72 bits per heavy atom. The Morgan fingerprint density at radius 1 is 1.00 bits per heavy atom. The maximum absolute atomic E-state index is 9.51. The highest BCUT2D eigenvalue weighted by atomic mass is 16.3. The van der Waals surface area contributed by atoms with Crippen LogP contribution in [0.15, 0.2) is 53.5 Å². The smallest absolute Gasteiger partial charge is 0.199 e. The molecule has 1 aliphatic carbocycles. The van der Waals surface area contributed by atoms with E-state index in [1.54, 1.807) is 12.1 Å². The summed E-state index contributed by atoms with van der Waals surface area (Å²) in [4.78, 5) is 7.41. The number of hydrogen-bond acceptors (Lipinski definition) is 2. The molecule has 2 aromatic carbocycles. The summed E-state index contributed by atoms with van der Waals surface area (Å²) >= 11 is 0. The molecule has 0 unspecified atom stereocenters. The van der Waals surface area contributed by atoms with Crippen molar-refractivity contribution in [2.75, 3.05) is 11.9 Å².